The maximum Gasteiger partial charge on any atom is 0.417 e. The minimum absolute atomic E-state index is 0.0427. The lowest BCUT2D eigenvalue weighted by Crippen LogP contribution is -2.49. The van der Waals surface area contributed by atoms with Gasteiger partial charge in [-0.05, 0) is 36.5 Å². The van der Waals surface area contributed by atoms with Crippen molar-refractivity contribution in [2.45, 2.75) is 6.18 Å². The molecule has 1 amide bonds. The molecular formula is C20H17F6N5OS. The van der Waals surface area contributed by atoms with Crippen LogP contribution in [0.2, 0.25) is 0 Å². The fraction of sp³-hybridized carbons (Fsp3) is 0.250. The highest BCUT2D eigenvalue weighted by atomic mass is 32.1. The molecule has 0 radical (unpaired) electrons. The Kier molecular flexibility index (Phi) is 7.10. The zero-order valence-electron chi connectivity index (χ0n) is 16.8. The summed E-state index contributed by atoms with van der Waals surface area (Å²) in [5, 5.41) is 3.41. The molecule has 0 unspecified atom stereocenters. The summed E-state index contributed by atoms with van der Waals surface area (Å²) >= 11 is 4.54. The number of thiocarbonyl (C=S) groups is 1. The molecule has 176 valence electrons. The monoisotopic (exact) mass is 489 g/mol. The first kappa shape index (κ1) is 24.3. The summed E-state index contributed by atoms with van der Waals surface area (Å²) in [7, 11) is 0. The highest BCUT2D eigenvalue weighted by molar-refractivity contribution is 7.80. The molecule has 0 aliphatic carbocycles. The van der Waals surface area contributed by atoms with Gasteiger partial charge in [-0.25, -0.2) is 13.2 Å². The maximum absolute atomic E-state index is 14.6. The Bertz CT molecular complexity index is 1100. The molecule has 1 aliphatic heterocycles. The minimum atomic E-state index is -4.91. The third kappa shape index (κ3) is 5.72. The van der Waals surface area contributed by atoms with Crippen LogP contribution in [0.3, 0.4) is 0 Å². The average molecular weight is 489 g/mol. The van der Waals surface area contributed by atoms with Gasteiger partial charge in [-0.15, -0.1) is 0 Å². The molecule has 3 N–H and O–H groups in total. The maximum atomic E-state index is 14.6. The molecule has 2 aromatic carbocycles. The van der Waals surface area contributed by atoms with E-state index >= 15 is 0 Å². The topological polar surface area (TPSA) is 74.0 Å². The molecule has 2 aromatic rings. The number of hydrazone groups is 1. The highest BCUT2D eigenvalue weighted by Crippen LogP contribution is 2.33. The van der Waals surface area contributed by atoms with E-state index in [2.05, 4.69) is 22.7 Å². The number of nitrogens with two attached hydrogens (primary N) is 1. The highest BCUT2D eigenvalue weighted by Gasteiger charge is 2.37. The largest absolute Gasteiger partial charge is 0.417 e. The van der Waals surface area contributed by atoms with Gasteiger partial charge >= 0.3 is 6.18 Å². The number of carbonyl (C=O) groups is 1. The number of nitrogens with one attached hydrogen (secondary N) is 1. The average Bonchev–Trinajstić information content (AvgIpc) is 2.74. The van der Waals surface area contributed by atoms with E-state index in [1.807, 2.05) is 0 Å². The summed E-state index contributed by atoms with van der Waals surface area (Å²) < 4.78 is 81.9. The standard InChI is InChI=1S/C20H17F6N5OS/c21-12-1-2-13(14(8-12)20(24,25)26)18(32)31-5-3-30(4-6-31)17-9-15(22)11(7-16(17)23)10-28-29-19(27)33/h1-2,7-10H,3-6H2,(H3,27,29,33)/b28-10+. The number of benzene rings is 2. The number of hydrogen-bond donors (Lipinski definition) is 2. The van der Waals surface area contributed by atoms with Crippen LogP contribution in [0.25, 0.3) is 0 Å². The van der Waals surface area contributed by atoms with E-state index in [0.29, 0.717) is 0 Å². The van der Waals surface area contributed by atoms with Gasteiger partial charge in [-0.3, -0.25) is 10.2 Å². The number of rotatable bonds is 4. The number of nitrogens with zero attached hydrogens (tertiary/aromatic N) is 3. The van der Waals surface area contributed by atoms with E-state index in [1.54, 1.807) is 0 Å². The number of piperazine rings is 1. The van der Waals surface area contributed by atoms with Crippen LogP contribution in [-0.2, 0) is 6.18 Å². The Hall–Kier alpha value is -3.35. The van der Waals surface area contributed by atoms with E-state index in [-0.39, 0.29) is 48.6 Å². The molecule has 0 bridgehead atoms. The van der Waals surface area contributed by atoms with Gasteiger partial charge in [0.25, 0.3) is 5.91 Å². The van der Waals surface area contributed by atoms with E-state index in [4.69, 9.17) is 5.73 Å². The predicted molar refractivity (Wildman–Crippen MR) is 113 cm³/mol. The third-order valence-corrected chi connectivity index (χ3v) is 4.96. The molecule has 1 saturated heterocycles. The Morgan fingerprint density at radius 2 is 1.73 bits per heavy atom. The van der Waals surface area contributed by atoms with Crippen molar-refractivity contribution in [3.63, 3.8) is 0 Å². The fourth-order valence-electron chi connectivity index (χ4n) is 3.32. The van der Waals surface area contributed by atoms with Crippen molar-refractivity contribution < 1.29 is 31.1 Å². The number of carbonyl (C=O) groups excluding carboxylic acids is 1. The summed E-state index contributed by atoms with van der Waals surface area (Å²) in [6.07, 6.45) is -3.91. The molecule has 13 heteroatoms. The van der Waals surface area contributed by atoms with Crippen LogP contribution >= 0.6 is 12.2 Å². The second-order valence-electron chi connectivity index (χ2n) is 7.03. The summed E-state index contributed by atoms with van der Waals surface area (Å²) in [4.78, 5) is 15.3. The van der Waals surface area contributed by atoms with Crippen LogP contribution in [0, 0.1) is 17.5 Å². The van der Waals surface area contributed by atoms with Gasteiger partial charge in [-0.2, -0.15) is 18.3 Å². The predicted octanol–water partition coefficient (Wildman–Crippen LogP) is 3.25. The van der Waals surface area contributed by atoms with Gasteiger partial charge in [0.15, 0.2) is 5.11 Å². The molecule has 0 saturated carbocycles. The van der Waals surface area contributed by atoms with Crippen molar-refractivity contribution in [2.24, 2.45) is 10.8 Å². The zero-order chi connectivity index (χ0) is 24.3. The van der Waals surface area contributed by atoms with Crippen LogP contribution < -0.4 is 16.1 Å². The van der Waals surface area contributed by atoms with Crippen molar-refractivity contribution in [2.75, 3.05) is 31.1 Å². The van der Waals surface area contributed by atoms with Gasteiger partial charge in [-0.1, -0.05) is 0 Å². The lowest BCUT2D eigenvalue weighted by Gasteiger charge is -2.36. The molecule has 0 spiro atoms. The van der Waals surface area contributed by atoms with Crippen LogP contribution in [0.15, 0.2) is 35.4 Å². The zero-order valence-corrected chi connectivity index (χ0v) is 17.6. The van der Waals surface area contributed by atoms with E-state index in [0.717, 1.165) is 35.4 Å². The number of amides is 1. The minimum Gasteiger partial charge on any atom is -0.375 e. The van der Waals surface area contributed by atoms with E-state index < -0.39 is 40.7 Å². The number of hydrogen-bond acceptors (Lipinski definition) is 4. The number of alkyl halides is 3. The molecule has 1 aliphatic rings. The summed E-state index contributed by atoms with van der Waals surface area (Å²) in [5.74, 6) is -3.58. The first-order valence-corrected chi connectivity index (χ1v) is 9.86. The quantitative estimate of drug-likeness (QED) is 0.299. The Morgan fingerprint density at radius 1 is 1.06 bits per heavy atom. The smallest absolute Gasteiger partial charge is 0.375 e. The molecule has 3 rings (SSSR count). The van der Waals surface area contributed by atoms with Crippen molar-refractivity contribution in [1.29, 1.82) is 0 Å². The number of anilines is 1. The first-order chi connectivity index (χ1) is 15.5. The van der Waals surface area contributed by atoms with E-state index in [1.165, 1.54) is 4.90 Å². The molecule has 1 fully saturated rings. The van der Waals surface area contributed by atoms with E-state index in [9.17, 15) is 31.1 Å². The third-order valence-electron chi connectivity index (χ3n) is 4.87. The van der Waals surface area contributed by atoms with Crippen molar-refractivity contribution in [1.82, 2.24) is 10.3 Å². The fourth-order valence-corrected chi connectivity index (χ4v) is 3.37. The van der Waals surface area contributed by atoms with Gasteiger partial charge < -0.3 is 15.5 Å². The van der Waals surface area contributed by atoms with Crippen LogP contribution in [0.1, 0.15) is 21.5 Å². The summed E-state index contributed by atoms with van der Waals surface area (Å²) in [5.41, 5.74) is 5.12. The van der Waals surface area contributed by atoms with Crippen molar-refractivity contribution in [3.05, 3.63) is 64.5 Å². The molecule has 0 aromatic heterocycles. The first-order valence-electron chi connectivity index (χ1n) is 9.46. The van der Waals surface area contributed by atoms with Gasteiger partial charge in [0.2, 0.25) is 0 Å². The van der Waals surface area contributed by atoms with Gasteiger partial charge in [0, 0.05) is 37.8 Å². The summed E-state index contributed by atoms with van der Waals surface area (Å²) in [6.45, 7) is -0.00650. The van der Waals surface area contributed by atoms with Crippen molar-refractivity contribution in [3.8, 4) is 0 Å². The number of halogens is 6. The van der Waals surface area contributed by atoms with Crippen LogP contribution in [0.5, 0.6) is 0 Å². The summed E-state index contributed by atoms with van der Waals surface area (Å²) in [6, 6.07) is 3.70. The van der Waals surface area contributed by atoms with Crippen molar-refractivity contribution >= 4 is 35.1 Å². The van der Waals surface area contributed by atoms with Crippen LogP contribution in [-0.4, -0.2) is 48.3 Å². The lowest BCUT2D eigenvalue weighted by atomic mass is 10.0. The van der Waals surface area contributed by atoms with Gasteiger partial charge in [0.1, 0.15) is 17.5 Å². The SMILES string of the molecule is NC(=S)N/N=C/c1cc(F)c(N2CCN(C(=O)c3ccc(F)cc3C(F)(F)F)CC2)cc1F. The van der Waals surface area contributed by atoms with Crippen LogP contribution in [0.4, 0.5) is 32.0 Å². The molecule has 1 heterocycles. The Morgan fingerprint density at radius 3 is 2.33 bits per heavy atom. The Balaban J connectivity index is 1.73. The molecule has 0 atom stereocenters. The normalized spacial score (nSPS) is 14.6. The second-order valence-corrected chi connectivity index (χ2v) is 7.47. The molecule has 6 nitrogen and oxygen atoms in total. The Labute approximate surface area is 189 Å². The second kappa shape index (κ2) is 9.65. The molecule has 33 heavy (non-hydrogen) atoms. The van der Waals surface area contributed by atoms with Gasteiger partial charge in [0.05, 0.1) is 23.0 Å². The lowest BCUT2D eigenvalue weighted by molar-refractivity contribution is -0.138. The molecular weight excluding hydrogens is 472 g/mol.